The Morgan fingerprint density at radius 1 is 1.20 bits per heavy atom. The van der Waals surface area contributed by atoms with Crippen molar-refractivity contribution in [2.45, 2.75) is 38.9 Å². The smallest absolute Gasteiger partial charge is 0.356 e. The molecule has 30 heavy (non-hydrogen) atoms. The van der Waals surface area contributed by atoms with Crippen molar-refractivity contribution in [3.05, 3.63) is 45.9 Å². The fraction of sp³-hybridized carbons (Fsp3) is 0.421. The maximum Gasteiger partial charge on any atom is 0.434 e. The molecule has 1 amide bonds. The molecule has 1 aromatic heterocycles. The molecule has 166 valence electrons. The number of aromatic nitrogens is 1. The van der Waals surface area contributed by atoms with E-state index in [9.17, 15) is 18.0 Å². The van der Waals surface area contributed by atoms with E-state index in [0.717, 1.165) is 34.4 Å². The molecular formula is C19H25F3IN5OS. The fourth-order valence-corrected chi connectivity index (χ4v) is 3.21. The van der Waals surface area contributed by atoms with Crippen molar-refractivity contribution in [3.63, 3.8) is 0 Å². The fourth-order valence-electron chi connectivity index (χ4n) is 2.41. The van der Waals surface area contributed by atoms with Gasteiger partial charge in [0, 0.05) is 44.0 Å². The monoisotopic (exact) mass is 555 g/mol. The standard InChI is InChI=1S/C19H24F3N5OS.HI/c1-3-4-16(28)26-14-7-5-13(6-8-14)11-25-18(23-2)24-10-9-17-27-15(12-29-17)19(20,21)22;/h5-8,12H,3-4,9-11H2,1-2H3,(H,26,28)(H2,23,24,25);1H. The zero-order valence-corrected chi connectivity index (χ0v) is 19.8. The first-order valence-electron chi connectivity index (χ1n) is 9.16. The van der Waals surface area contributed by atoms with Crippen molar-refractivity contribution in [2.24, 2.45) is 4.99 Å². The van der Waals surface area contributed by atoms with E-state index in [4.69, 9.17) is 0 Å². The van der Waals surface area contributed by atoms with Gasteiger partial charge in [0.15, 0.2) is 11.7 Å². The molecule has 2 aromatic rings. The van der Waals surface area contributed by atoms with Crippen molar-refractivity contribution in [1.29, 1.82) is 0 Å². The van der Waals surface area contributed by atoms with Gasteiger partial charge in [-0.15, -0.1) is 35.3 Å². The number of rotatable bonds is 8. The predicted molar refractivity (Wildman–Crippen MR) is 124 cm³/mol. The largest absolute Gasteiger partial charge is 0.434 e. The number of benzene rings is 1. The van der Waals surface area contributed by atoms with Gasteiger partial charge in [-0.1, -0.05) is 19.1 Å². The number of carbonyl (C=O) groups is 1. The lowest BCUT2D eigenvalue weighted by Crippen LogP contribution is -2.37. The summed E-state index contributed by atoms with van der Waals surface area (Å²) in [5.41, 5.74) is 0.891. The lowest BCUT2D eigenvalue weighted by molar-refractivity contribution is -0.140. The Bertz CT molecular complexity index is 824. The predicted octanol–water partition coefficient (Wildman–Crippen LogP) is 4.43. The number of hydrogen-bond acceptors (Lipinski definition) is 4. The highest BCUT2D eigenvalue weighted by molar-refractivity contribution is 14.0. The van der Waals surface area contributed by atoms with Crippen molar-refractivity contribution in [1.82, 2.24) is 15.6 Å². The Kier molecular flexibility index (Phi) is 11.1. The third-order valence-electron chi connectivity index (χ3n) is 3.87. The molecule has 0 aliphatic heterocycles. The third kappa shape index (κ3) is 8.86. The van der Waals surface area contributed by atoms with Gasteiger partial charge in [-0.3, -0.25) is 9.79 Å². The molecular weight excluding hydrogens is 530 g/mol. The van der Waals surface area contributed by atoms with Crippen LogP contribution in [0.15, 0.2) is 34.6 Å². The van der Waals surface area contributed by atoms with Crippen LogP contribution in [0.5, 0.6) is 0 Å². The molecule has 6 nitrogen and oxygen atoms in total. The van der Waals surface area contributed by atoms with Crippen molar-refractivity contribution in [2.75, 3.05) is 18.9 Å². The summed E-state index contributed by atoms with van der Waals surface area (Å²) in [6, 6.07) is 7.47. The number of guanidine groups is 1. The molecule has 1 aromatic carbocycles. The number of carbonyl (C=O) groups excluding carboxylic acids is 1. The first kappa shape index (κ1) is 26.1. The van der Waals surface area contributed by atoms with Crippen LogP contribution in [0.2, 0.25) is 0 Å². The highest BCUT2D eigenvalue weighted by Gasteiger charge is 2.33. The molecule has 0 spiro atoms. The number of amides is 1. The Balaban J connectivity index is 0.00000450. The molecule has 0 bridgehead atoms. The summed E-state index contributed by atoms with van der Waals surface area (Å²) < 4.78 is 37.7. The van der Waals surface area contributed by atoms with Crippen LogP contribution in [0.4, 0.5) is 18.9 Å². The SMILES string of the molecule is CCCC(=O)Nc1ccc(CNC(=NC)NCCc2nc(C(F)(F)F)cs2)cc1.I. The van der Waals surface area contributed by atoms with Gasteiger partial charge in [0.05, 0.1) is 5.01 Å². The van der Waals surface area contributed by atoms with Gasteiger partial charge in [-0.05, 0) is 24.1 Å². The molecule has 1 heterocycles. The van der Waals surface area contributed by atoms with Crippen LogP contribution >= 0.6 is 35.3 Å². The highest BCUT2D eigenvalue weighted by atomic mass is 127. The Morgan fingerprint density at radius 2 is 1.90 bits per heavy atom. The molecule has 0 saturated heterocycles. The number of alkyl halides is 3. The minimum Gasteiger partial charge on any atom is -0.356 e. The van der Waals surface area contributed by atoms with Crippen molar-refractivity contribution in [3.8, 4) is 0 Å². The van der Waals surface area contributed by atoms with Crippen molar-refractivity contribution >= 4 is 52.9 Å². The number of nitrogens with one attached hydrogen (secondary N) is 3. The van der Waals surface area contributed by atoms with Crippen LogP contribution < -0.4 is 16.0 Å². The molecule has 11 heteroatoms. The van der Waals surface area contributed by atoms with E-state index in [-0.39, 0.29) is 29.9 Å². The summed E-state index contributed by atoms with van der Waals surface area (Å²) in [7, 11) is 1.62. The summed E-state index contributed by atoms with van der Waals surface area (Å²) in [4.78, 5) is 19.3. The topological polar surface area (TPSA) is 78.4 Å². The third-order valence-corrected chi connectivity index (χ3v) is 4.78. The maximum absolute atomic E-state index is 12.6. The summed E-state index contributed by atoms with van der Waals surface area (Å²) in [5.74, 6) is 0.531. The van der Waals surface area contributed by atoms with Crippen LogP contribution in [-0.4, -0.2) is 30.4 Å². The van der Waals surface area contributed by atoms with Crippen LogP contribution in [0, 0.1) is 0 Å². The Labute approximate surface area is 194 Å². The average Bonchev–Trinajstić information content (AvgIpc) is 3.15. The number of nitrogens with zero attached hydrogens (tertiary/aromatic N) is 2. The first-order chi connectivity index (χ1) is 13.8. The van der Waals surface area contributed by atoms with E-state index in [1.54, 1.807) is 7.05 Å². The van der Waals surface area contributed by atoms with Crippen LogP contribution in [-0.2, 0) is 23.9 Å². The lowest BCUT2D eigenvalue weighted by Gasteiger charge is -2.12. The van der Waals surface area contributed by atoms with Gasteiger partial charge in [0.25, 0.3) is 0 Å². The normalized spacial score (nSPS) is 11.6. The quantitative estimate of drug-likeness (QED) is 0.256. The van der Waals surface area contributed by atoms with Crippen LogP contribution in [0.25, 0.3) is 0 Å². The molecule has 0 aliphatic rings. The summed E-state index contributed by atoms with van der Waals surface area (Å²) >= 11 is 0.993. The van der Waals surface area contributed by atoms with E-state index in [1.165, 1.54) is 0 Å². The maximum atomic E-state index is 12.6. The number of aliphatic imine (C=N–C) groups is 1. The van der Waals surface area contributed by atoms with Gasteiger partial charge >= 0.3 is 6.18 Å². The van der Waals surface area contributed by atoms with Crippen LogP contribution in [0.3, 0.4) is 0 Å². The van der Waals surface area contributed by atoms with Gasteiger partial charge < -0.3 is 16.0 Å². The molecule has 0 saturated carbocycles. The van der Waals surface area contributed by atoms with Gasteiger partial charge in [-0.25, -0.2) is 4.98 Å². The minimum absolute atomic E-state index is 0. The number of halogens is 4. The van der Waals surface area contributed by atoms with E-state index in [2.05, 4.69) is 25.9 Å². The Morgan fingerprint density at radius 3 is 2.47 bits per heavy atom. The summed E-state index contributed by atoms with van der Waals surface area (Å²) in [6.45, 7) is 2.87. The molecule has 2 rings (SSSR count). The molecule has 0 fully saturated rings. The lowest BCUT2D eigenvalue weighted by atomic mass is 10.2. The van der Waals surface area contributed by atoms with Gasteiger partial charge in [0.2, 0.25) is 5.91 Å². The second kappa shape index (κ2) is 12.7. The van der Waals surface area contributed by atoms with Gasteiger partial charge in [0.1, 0.15) is 0 Å². The minimum atomic E-state index is -4.41. The summed E-state index contributed by atoms with van der Waals surface area (Å²) in [6.07, 6.45) is -2.75. The second-order valence-corrected chi connectivity index (χ2v) is 7.16. The second-order valence-electron chi connectivity index (χ2n) is 6.22. The first-order valence-corrected chi connectivity index (χ1v) is 10.0. The molecule has 0 unspecified atom stereocenters. The van der Waals surface area contributed by atoms with E-state index < -0.39 is 11.9 Å². The van der Waals surface area contributed by atoms with E-state index in [0.29, 0.717) is 36.9 Å². The highest BCUT2D eigenvalue weighted by Crippen LogP contribution is 2.29. The van der Waals surface area contributed by atoms with Gasteiger partial charge in [-0.2, -0.15) is 13.2 Å². The number of hydrogen-bond donors (Lipinski definition) is 3. The number of anilines is 1. The average molecular weight is 555 g/mol. The molecule has 0 atom stereocenters. The van der Waals surface area contributed by atoms with Crippen LogP contribution in [0.1, 0.15) is 36.0 Å². The molecule has 0 aliphatic carbocycles. The number of thiazole rings is 1. The Hall–Kier alpha value is -1.89. The molecule has 3 N–H and O–H groups in total. The molecule has 0 radical (unpaired) electrons. The zero-order chi connectivity index (χ0) is 21.3. The van der Waals surface area contributed by atoms with E-state index in [1.807, 2.05) is 31.2 Å². The van der Waals surface area contributed by atoms with E-state index >= 15 is 0 Å². The summed E-state index contributed by atoms with van der Waals surface area (Å²) in [5, 5.41) is 10.5. The zero-order valence-electron chi connectivity index (χ0n) is 16.7. The van der Waals surface area contributed by atoms with Crippen molar-refractivity contribution < 1.29 is 18.0 Å².